The monoisotopic (exact) mass is 513 g/mol. The van der Waals surface area contributed by atoms with Crippen LogP contribution < -0.4 is 25.0 Å². The molecule has 0 bridgehead atoms. The fourth-order valence-corrected chi connectivity index (χ4v) is 3.19. The van der Waals surface area contributed by atoms with E-state index in [9.17, 15) is 4.79 Å². The number of hydrogen-bond donors (Lipinski definition) is 2. The number of esters is 1. The van der Waals surface area contributed by atoms with Crippen LogP contribution in [0.5, 0.6) is 17.2 Å². The molecule has 0 spiro atoms. The van der Waals surface area contributed by atoms with Crippen molar-refractivity contribution in [3.05, 3.63) is 82.3 Å². The SMILES string of the molecule is COc1ccc(NC(=S)N/N=C/c2ccc(OC(=O)c3cccc(Br)c3)c(OC)c2)cc1. The lowest BCUT2D eigenvalue weighted by atomic mass is 10.2. The molecule has 2 N–H and O–H groups in total. The number of hydrogen-bond acceptors (Lipinski definition) is 6. The van der Waals surface area contributed by atoms with E-state index in [2.05, 4.69) is 31.8 Å². The molecule has 32 heavy (non-hydrogen) atoms. The molecule has 3 aromatic rings. The van der Waals surface area contributed by atoms with Gasteiger partial charge in [0.15, 0.2) is 16.6 Å². The van der Waals surface area contributed by atoms with Crippen LogP contribution in [0.25, 0.3) is 0 Å². The Morgan fingerprint density at radius 1 is 1.00 bits per heavy atom. The number of methoxy groups -OCH3 is 2. The van der Waals surface area contributed by atoms with Gasteiger partial charge in [0.05, 0.1) is 26.0 Å². The van der Waals surface area contributed by atoms with Gasteiger partial charge in [0.25, 0.3) is 0 Å². The van der Waals surface area contributed by atoms with Gasteiger partial charge in [-0.2, -0.15) is 5.10 Å². The first kappa shape index (κ1) is 23.2. The van der Waals surface area contributed by atoms with Crippen molar-refractivity contribution in [1.29, 1.82) is 0 Å². The van der Waals surface area contributed by atoms with E-state index in [1.165, 1.54) is 7.11 Å². The first-order valence-electron chi connectivity index (χ1n) is 9.38. The molecule has 3 aromatic carbocycles. The first-order valence-corrected chi connectivity index (χ1v) is 10.6. The minimum absolute atomic E-state index is 0.305. The summed E-state index contributed by atoms with van der Waals surface area (Å²) < 4.78 is 16.7. The van der Waals surface area contributed by atoms with Crippen LogP contribution in [-0.4, -0.2) is 31.5 Å². The van der Waals surface area contributed by atoms with Crippen molar-refractivity contribution in [3.8, 4) is 17.2 Å². The number of rotatable bonds is 7. The van der Waals surface area contributed by atoms with Crippen molar-refractivity contribution in [2.75, 3.05) is 19.5 Å². The molecule has 0 heterocycles. The van der Waals surface area contributed by atoms with Crippen molar-refractivity contribution in [1.82, 2.24) is 5.43 Å². The number of nitrogens with one attached hydrogen (secondary N) is 2. The van der Waals surface area contributed by atoms with E-state index < -0.39 is 5.97 Å². The molecule has 0 unspecified atom stereocenters. The molecular weight excluding hydrogens is 494 g/mol. The topological polar surface area (TPSA) is 81.2 Å². The molecule has 3 rings (SSSR count). The molecule has 0 saturated carbocycles. The molecule has 0 aromatic heterocycles. The van der Waals surface area contributed by atoms with Crippen LogP contribution in [0.15, 0.2) is 76.3 Å². The average molecular weight is 514 g/mol. The zero-order chi connectivity index (χ0) is 22.9. The van der Waals surface area contributed by atoms with Crippen molar-refractivity contribution >= 4 is 51.1 Å². The van der Waals surface area contributed by atoms with Gasteiger partial charge in [-0.1, -0.05) is 22.0 Å². The summed E-state index contributed by atoms with van der Waals surface area (Å²) in [7, 11) is 3.11. The largest absolute Gasteiger partial charge is 0.497 e. The van der Waals surface area contributed by atoms with Gasteiger partial charge in [-0.25, -0.2) is 4.79 Å². The summed E-state index contributed by atoms with van der Waals surface area (Å²) in [4.78, 5) is 12.4. The van der Waals surface area contributed by atoms with Crippen LogP contribution in [-0.2, 0) is 0 Å². The van der Waals surface area contributed by atoms with Gasteiger partial charge in [-0.05, 0) is 78.4 Å². The Morgan fingerprint density at radius 3 is 2.47 bits per heavy atom. The third-order valence-electron chi connectivity index (χ3n) is 4.18. The Hall–Kier alpha value is -3.43. The highest BCUT2D eigenvalue weighted by Crippen LogP contribution is 2.28. The molecule has 0 aliphatic carbocycles. The maximum atomic E-state index is 12.4. The summed E-state index contributed by atoms with van der Waals surface area (Å²) in [6.45, 7) is 0. The standard InChI is InChI=1S/C23H20BrN3O4S/c1-29-19-9-7-18(8-10-19)26-23(32)27-25-14-15-6-11-20(21(12-15)30-2)31-22(28)16-4-3-5-17(24)13-16/h3-14H,1-2H3,(H2,26,27,32)/b25-14+. The van der Waals surface area contributed by atoms with Crippen molar-refractivity contribution in [2.45, 2.75) is 0 Å². The van der Waals surface area contributed by atoms with E-state index in [4.69, 9.17) is 26.4 Å². The van der Waals surface area contributed by atoms with E-state index in [0.29, 0.717) is 22.2 Å². The first-order chi connectivity index (χ1) is 15.5. The van der Waals surface area contributed by atoms with Gasteiger partial charge in [-0.15, -0.1) is 0 Å². The van der Waals surface area contributed by atoms with Gasteiger partial charge >= 0.3 is 5.97 Å². The number of halogens is 1. The molecule has 0 fully saturated rings. The average Bonchev–Trinajstić information content (AvgIpc) is 2.80. The lowest BCUT2D eigenvalue weighted by Gasteiger charge is -2.10. The molecular formula is C23H20BrN3O4S. The zero-order valence-electron chi connectivity index (χ0n) is 17.3. The third-order valence-corrected chi connectivity index (χ3v) is 4.86. The smallest absolute Gasteiger partial charge is 0.343 e. The second-order valence-corrected chi connectivity index (χ2v) is 7.69. The Kier molecular flexibility index (Phi) is 8.18. The number of nitrogens with zero attached hydrogens (tertiary/aromatic N) is 1. The number of carbonyl (C=O) groups is 1. The van der Waals surface area contributed by atoms with E-state index in [1.807, 2.05) is 30.3 Å². The van der Waals surface area contributed by atoms with Gasteiger partial charge in [-0.3, -0.25) is 5.43 Å². The van der Waals surface area contributed by atoms with Gasteiger partial charge < -0.3 is 19.5 Å². The molecule has 0 saturated heterocycles. The Bertz CT molecular complexity index is 1140. The van der Waals surface area contributed by atoms with Gasteiger partial charge in [0.2, 0.25) is 0 Å². The molecule has 9 heteroatoms. The molecule has 164 valence electrons. The number of hydrazone groups is 1. The molecule has 7 nitrogen and oxygen atoms in total. The zero-order valence-corrected chi connectivity index (χ0v) is 19.7. The minimum atomic E-state index is -0.484. The van der Waals surface area contributed by atoms with E-state index in [0.717, 1.165) is 21.5 Å². The quantitative estimate of drug-likeness (QED) is 0.151. The predicted molar refractivity (Wildman–Crippen MR) is 132 cm³/mol. The molecule has 0 aliphatic heterocycles. The molecule has 0 amide bonds. The van der Waals surface area contributed by atoms with Crippen molar-refractivity contribution < 1.29 is 19.0 Å². The van der Waals surface area contributed by atoms with E-state index in [-0.39, 0.29) is 0 Å². The summed E-state index contributed by atoms with van der Waals surface area (Å²) >= 11 is 8.57. The van der Waals surface area contributed by atoms with Crippen molar-refractivity contribution in [3.63, 3.8) is 0 Å². The minimum Gasteiger partial charge on any atom is -0.497 e. The summed E-state index contributed by atoms with van der Waals surface area (Å²) in [5.41, 5.74) is 4.70. The lowest BCUT2D eigenvalue weighted by Crippen LogP contribution is -2.23. The van der Waals surface area contributed by atoms with Crippen LogP contribution in [0.3, 0.4) is 0 Å². The number of benzene rings is 3. The number of ether oxygens (including phenoxy) is 3. The van der Waals surface area contributed by atoms with Gasteiger partial charge in [0, 0.05) is 10.2 Å². The second-order valence-electron chi connectivity index (χ2n) is 6.36. The summed E-state index contributed by atoms with van der Waals surface area (Å²) in [6, 6.07) is 19.4. The Balaban J connectivity index is 1.60. The molecule has 0 radical (unpaired) electrons. The summed E-state index contributed by atoms with van der Waals surface area (Å²) in [5, 5.41) is 7.47. The number of anilines is 1. The fourth-order valence-electron chi connectivity index (χ4n) is 2.62. The third kappa shape index (κ3) is 6.53. The molecule has 0 aliphatic rings. The maximum absolute atomic E-state index is 12.4. The summed E-state index contributed by atoms with van der Waals surface area (Å²) in [6.07, 6.45) is 1.57. The lowest BCUT2D eigenvalue weighted by molar-refractivity contribution is 0.0729. The van der Waals surface area contributed by atoms with Gasteiger partial charge in [0.1, 0.15) is 5.75 Å². The number of thiocarbonyl (C=S) groups is 1. The highest BCUT2D eigenvalue weighted by molar-refractivity contribution is 9.10. The van der Waals surface area contributed by atoms with Crippen LogP contribution in [0.4, 0.5) is 5.69 Å². The second kappa shape index (κ2) is 11.3. The van der Waals surface area contributed by atoms with Crippen LogP contribution in [0.2, 0.25) is 0 Å². The maximum Gasteiger partial charge on any atom is 0.343 e. The highest BCUT2D eigenvalue weighted by Gasteiger charge is 2.13. The summed E-state index contributed by atoms with van der Waals surface area (Å²) in [5.74, 6) is 0.977. The Labute approximate surface area is 199 Å². The predicted octanol–water partition coefficient (Wildman–Crippen LogP) is 5.01. The van der Waals surface area contributed by atoms with Crippen LogP contribution in [0, 0.1) is 0 Å². The Morgan fingerprint density at radius 2 is 1.78 bits per heavy atom. The normalized spacial score (nSPS) is 10.5. The van der Waals surface area contributed by atoms with Crippen LogP contribution >= 0.6 is 28.1 Å². The number of carbonyl (C=O) groups excluding carboxylic acids is 1. The van der Waals surface area contributed by atoms with E-state index >= 15 is 0 Å². The molecule has 0 atom stereocenters. The van der Waals surface area contributed by atoms with E-state index in [1.54, 1.807) is 49.7 Å². The highest BCUT2D eigenvalue weighted by atomic mass is 79.9. The fraction of sp³-hybridized carbons (Fsp3) is 0.0870. The van der Waals surface area contributed by atoms with Crippen LogP contribution in [0.1, 0.15) is 15.9 Å². The van der Waals surface area contributed by atoms with Crippen molar-refractivity contribution in [2.24, 2.45) is 5.10 Å².